The molecule has 0 unspecified atom stereocenters. The number of urea groups is 1. The molecule has 0 fully saturated rings. The minimum absolute atomic E-state index is 0.276. The van der Waals surface area contributed by atoms with Gasteiger partial charge in [0.1, 0.15) is 5.69 Å². The first-order valence-corrected chi connectivity index (χ1v) is 6.92. The lowest BCUT2D eigenvalue weighted by atomic mass is 10.1. The zero-order chi connectivity index (χ0) is 15.2. The number of benzene rings is 2. The molecule has 2 N–H and O–H groups in total. The van der Waals surface area contributed by atoms with Crippen molar-refractivity contribution in [2.75, 3.05) is 5.32 Å². The average Bonchev–Trinajstić information content (AvgIpc) is 3.04. The highest BCUT2D eigenvalue weighted by molar-refractivity contribution is 5.89. The second kappa shape index (κ2) is 6.58. The number of hydrogen-bond acceptors (Lipinski definition) is 3. The highest BCUT2D eigenvalue weighted by atomic mass is 16.5. The summed E-state index contributed by atoms with van der Waals surface area (Å²) in [4.78, 5) is 11.8. The van der Waals surface area contributed by atoms with Crippen LogP contribution in [-0.4, -0.2) is 11.2 Å². The first-order chi connectivity index (χ1) is 10.8. The van der Waals surface area contributed by atoms with Crippen molar-refractivity contribution in [3.05, 3.63) is 72.5 Å². The molecule has 5 heteroatoms. The molecule has 0 radical (unpaired) electrons. The molecule has 2 aromatic carbocycles. The Labute approximate surface area is 128 Å². The second-order valence-electron chi connectivity index (χ2n) is 4.72. The van der Waals surface area contributed by atoms with Gasteiger partial charge in [-0.2, -0.15) is 0 Å². The Morgan fingerprint density at radius 1 is 1.00 bits per heavy atom. The summed E-state index contributed by atoms with van der Waals surface area (Å²) in [5, 5.41) is 9.47. The van der Waals surface area contributed by atoms with E-state index in [-0.39, 0.29) is 12.6 Å². The van der Waals surface area contributed by atoms with E-state index in [1.165, 1.54) is 0 Å². The third-order valence-electron chi connectivity index (χ3n) is 3.08. The third kappa shape index (κ3) is 3.52. The van der Waals surface area contributed by atoms with Crippen molar-refractivity contribution in [3.8, 4) is 11.3 Å². The fourth-order valence-corrected chi connectivity index (χ4v) is 2.01. The quantitative estimate of drug-likeness (QED) is 0.771. The molecular weight excluding hydrogens is 278 g/mol. The van der Waals surface area contributed by atoms with Gasteiger partial charge in [0.2, 0.25) is 0 Å². The zero-order valence-electron chi connectivity index (χ0n) is 11.8. The molecule has 0 aliphatic carbocycles. The number of amides is 2. The van der Waals surface area contributed by atoms with Crippen molar-refractivity contribution in [2.45, 2.75) is 6.54 Å². The monoisotopic (exact) mass is 293 g/mol. The molecule has 1 heterocycles. The first kappa shape index (κ1) is 13.9. The van der Waals surface area contributed by atoms with E-state index in [1.54, 1.807) is 0 Å². The summed E-state index contributed by atoms with van der Waals surface area (Å²) in [6, 6.07) is 20.5. The highest BCUT2D eigenvalue weighted by Crippen LogP contribution is 2.18. The van der Waals surface area contributed by atoms with Gasteiger partial charge in [-0.05, 0) is 12.1 Å². The topological polar surface area (TPSA) is 67.2 Å². The lowest BCUT2D eigenvalue weighted by Crippen LogP contribution is -2.27. The Kier molecular flexibility index (Phi) is 4.15. The maximum atomic E-state index is 11.8. The Bertz CT molecular complexity index is 739. The fraction of sp³-hybridized carbons (Fsp3) is 0.0588. The van der Waals surface area contributed by atoms with Crippen LogP contribution in [0.25, 0.3) is 11.3 Å². The SMILES string of the molecule is O=C(NCc1cc(-c2ccccc2)no1)Nc1ccccc1. The summed E-state index contributed by atoms with van der Waals surface area (Å²) >= 11 is 0. The molecule has 3 aromatic rings. The molecule has 22 heavy (non-hydrogen) atoms. The molecule has 2 amide bonds. The maximum Gasteiger partial charge on any atom is 0.319 e. The molecule has 0 aliphatic heterocycles. The van der Waals surface area contributed by atoms with E-state index in [4.69, 9.17) is 4.52 Å². The van der Waals surface area contributed by atoms with Gasteiger partial charge in [-0.3, -0.25) is 0 Å². The van der Waals surface area contributed by atoms with Crippen LogP contribution >= 0.6 is 0 Å². The van der Waals surface area contributed by atoms with Gasteiger partial charge in [-0.1, -0.05) is 53.7 Å². The molecule has 0 spiro atoms. The Morgan fingerprint density at radius 3 is 2.41 bits per heavy atom. The van der Waals surface area contributed by atoms with E-state index in [1.807, 2.05) is 66.7 Å². The normalized spacial score (nSPS) is 10.2. The molecule has 0 bridgehead atoms. The van der Waals surface area contributed by atoms with Crippen LogP contribution < -0.4 is 10.6 Å². The minimum Gasteiger partial charge on any atom is -0.359 e. The predicted octanol–water partition coefficient (Wildman–Crippen LogP) is 3.66. The lowest BCUT2D eigenvalue weighted by molar-refractivity contribution is 0.250. The number of rotatable bonds is 4. The molecular formula is C17H15N3O2. The number of aromatic nitrogens is 1. The van der Waals surface area contributed by atoms with Crippen LogP contribution in [0.4, 0.5) is 10.5 Å². The Morgan fingerprint density at radius 2 is 1.68 bits per heavy atom. The number of hydrogen-bond donors (Lipinski definition) is 2. The smallest absolute Gasteiger partial charge is 0.319 e. The van der Waals surface area contributed by atoms with Crippen LogP contribution in [0.15, 0.2) is 71.3 Å². The largest absolute Gasteiger partial charge is 0.359 e. The summed E-state index contributed by atoms with van der Waals surface area (Å²) in [6.07, 6.45) is 0. The van der Waals surface area contributed by atoms with Crippen molar-refractivity contribution >= 4 is 11.7 Å². The van der Waals surface area contributed by atoms with Crippen LogP contribution in [-0.2, 0) is 6.54 Å². The molecule has 0 aliphatic rings. The standard InChI is InChI=1S/C17H15N3O2/c21-17(19-14-9-5-2-6-10-14)18-12-15-11-16(20-22-15)13-7-3-1-4-8-13/h1-11H,12H2,(H2,18,19,21). The average molecular weight is 293 g/mol. The van der Waals surface area contributed by atoms with E-state index in [9.17, 15) is 4.79 Å². The summed E-state index contributed by atoms with van der Waals surface area (Å²) in [6.45, 7) is 0.276. The van der Waals surface area contributed by atoms with Gasteiger partial charge in [-0.15, -0.1) is 0 Å². The van der Waals surface area contributed by atoms with Crippen LogP contribution in [0.1, 0.15) is 5.76 Å². The van der Waals surface area contributed by atoms with Crippen molar-refractivity contribution < 1.29 is 9.32 Å². The van der Waals surface area contributed by atoms with E-state index >= 15 is 0 Å². The lowest BCUT2D eigenvalue weighted by Gasteiger charge is -2.05. The molecule has 0 saturated heterocycles. The van der Waals surface area contributed by atoms with Crippen molar-refractivity contribution in [3.63, 3.8) is 0 Å². The van der Waals surface area contributed by atoms with E-state index in [0.717, 1.165) is 16.9 Å². The molecule has 110 valence electrons. The van der Waals surface area contributed by atoms with Crippen LogP contribution in [0.3, 0.4) is 0 Å². The van der Waals surface area contributed by atoms with Crippen molar-refractivity contribution in [2.24, 2.45) is 0 Å². The Hall–Kier alpha value is -3.08. The van der Waals surface area contributed by atoms with Crippen molar-refractivity contribution in [1.29, 1.82) is 0 Å². The van der Waals surface area contributed by atoms with Gasteiger partial charge in [-0.25, -0.2) is 4.79 Å². The van der Waals surface area contributed by atoms with Gasteiger partial charge in [0.05, 0.1) is 6.54 Å². The molecule has 1 aromatic heterocycles. The first-order valence-electron chi connectivity index (χ1n) is 6.92. The summed E-state index contributed by atoms with van der Waals surface area (Å²) in [5.41, 5.74) is 2.47. The van der Waals surface area contributed by atoms with Gasteiger partial charge in [0, 0.05) is 17.3 Å². The van der Waals surface area contributed by atoms with Gasteiger partial charge in [0.15, 0.2) is 5.76 Å². The number of para-hydroxylation sites is 1. The van der Waals surface area contributed by atoms with Crippen molar-refractivity contribution in [1.82, 2.24) is 10.5 Å². The summed E-state index contributed by atoms with van der Waals surface area (Å²) in [5.74, 6) is 0.599. The summed E-state index contributed by atoms with van der Waals surface area (Å²) < 4.78 is 5.23. The van der Waals surface area contributed by atoms with E-state index in [2.05, 4.69) is 15.8 Å². The zero-order valence-corrected chi connectivity index (χ0v) is 11.8. The van der Waals surface area contributed by atoms with Crippen LogP contribution in [0, 0.1) is 0 Å². The molecule has 0 saturated carbocycles. The Balaban J connectivity index is 1.56. The van der Waals surface area contributed by atoms with Crippen LogP contribution in [0.2, 0.25) is 0 Å². The maximum absolute atomic E-state index is 11.8. The number of carbonyl (C=O) groups excluding carboxylic acids is 1. The van der Waals surface area contributed by atoms with Gasteiger partial charge < -0.3 is 15.2 Å². The number of nitrogens with zero attached hydrogens (tertiary/aromatic N) is 1. The number of nitrogens with one attached hydrogen (secondary N) is 2. The molecule has 0 atom stereocenters. The predicted molar refractivity (Wildman–Crippen MR) is 84.2 cm³/mol. The molecule has 3 rings (SSSR count). The van der Waals surface area contributed by atoms with Gasteiger partial charge in [0.25, 0.3) is 0 Å². The van der Waals surface area contributed by atoms with E-state index in [0.29, 0.717) is 5.76 Å². The molecule has 5 nitrogen and oxygen atoms in total. The van der Waals surface area contributed by atoms with Gasteiger partial charge >= 0.3 is 6.03 Å². The number of anilines is 1. The third-order valence-corrected chi connectivity index (χ3v) is 3.08. The minimum atomic E-state index is -0.288. The van der Waals surface area contributed by atoms with E-state index < -0.39 is 0 Å². The van der Waals surface area contributed by atoms with Crippen LogP contribution in [0.5, 0.6) is 0 Å². The number of carbonyl (C=O) groups is 1. The highest BCUT2D eigenvalue weighted by Gasteiger charge is 2.07. The second-order valence-corrected chi connectivity index (χ2v) is 4.72. The fourth-order valence-electron chi connectivity index (χ4n) is 2.01. The summed E-state index contributed by atoms with van der Waals surface area (Å²) in [7, 11) is 0.